The van der Waals surface area contributed by atoms with Gasteiger partial charge in [0.2, 0.25) is 6.43 Å². The van der Waals surface area contributed by atoms with E-state index in [1.54, 1.807) is 12.4 Å². The van der Waals surface area contributed by atoms with Gasteiger partial charge < -0.3 is 15.6 Å². The lowest BCUT2D eigenvalue weighted by Gasteiger charge is -2.25. The Bertz CT molecular complexity index is 1420. The van der Waals surface area contributed by atoms with Gasteiger partial charge in [-0.05, 0) is 43.1 Å². The number of anilines is 1. The molecule has 2 aliphatic heterocycles. The molecule has 5 heterocycles. The second-order valence-corrected chi connectivity index (χ2v) is 10.9. The second-order valence-electron chi connectivity index (χ2n) is 9.83. The van der Waals surface area contributed by atoms with Crippen molar-refractivity contribution in [1.82, 2.24) is 19.9 Å². The molecule has 0 aliphatic carbocycles. The van der Waals surface area contributed by atoms with Crippen molar-refractivity contribution in [3.05, 3.63) is 52.8 Å². The highest BCUT2D eigenvalue weighted by Gasteiger charge is 2.44. The number of H-pyrrole nitrogens is 1. The molecule has 10 heteroatoms. The Morgan fingerprint density at radius 2 is 2.03 bits per heavy atom. The van der Waals surface area contributed by atoms with E-state index in [4.69, 9.17) is 5.73 Å². The van der Waals surface area contributed by atoms with Crippen LogP contribution in [0.1, 0.15) is 33.8 Å². The van der Waals surface area contributed by atoms with Gasteiger partial charge in [0.05, 0.1) is 5.39 Å². The maximum absolute atomic E-state index is 12.9. The molecule has 1 unspecified atom stereocenters. The van der Waals surface area contributed by atoms with Crippen LogP contribution < -0.4 is 10.6 Å². The highest BCUT2D eigenvalue weighted by atomic mass is 32.1. The molecule has 3 N–H and O–H groups in total. The van der Waals surface area contributed by atoms with Crippen LogP contribution in [0.25, 0.3) is 21.1 Å². The van der Waals surface area contributed by atoms with Gasteiger partial charge in [-0.25, -0.2) is 18.7 Å². The molecule has 182 valence electrons. The van der Waals surface area contributed by atoms with Crippen molar-refractivity contribution in [1.29, 1.82) is 0 Å². The molecule has 0 bridgehead atoms. The standard InChI is InChI=1S/C25H26F2N6OS/c26-21(27)10-17-9-18-23(29-14-30-24(18)35-17)33-6-4-25(13-33)3-5-32(12-25)11-15-1-2-16-8-20(22(28)34)31-19(16)7-15/h1-2,7-9,14,21,31H,3-6,10-13H2,(H2,28,34). The van der Waals surface area contributed by atoms with Crippen molar-refractivity contribution in [2.75, 3.05) is 31.1 Å². The molecular formula is C25H26F2N6OS. The molecule has 7 nitrogen and oxygen atoms in total. The van der Waals surface area contributed by atoms with Crippen molar-refractivity contribution < 1.29 is 13.6 Å². The molecular weight excluding hydrogens is 470 g/mol. The number of carbonyl (C=O) groups is 1. The molecule has 6 rings (SSSR count). The fourth-order valence-corrected chi connectivity index (χ4v) is 6.67. The molecule has 3 aromatic heterocycles. The lowest BCUT2D eigenvalue weighted by molar-refractivity contribution is 0.0996. The summed E-state index contributed by atoms with van der Waals surface area (Å²) in [4.78, 5) is 29.7. The number of aromatic amines is 1. The number of alkyl halides is 2. The van der Waals surface area contributed by atoms with Crippen molar-refractivity contribution >= 4 is 44.2 Å². The van der Waals surface area contributed by atoms with Gasteiger partial charge >= 0.3 is 0 Å². The van der Waals surface area contributed by atoms with Gasteiger partial charge in [-0.1, -0.05) is 12.1 Å². The summed E-state index contributed by atoms with van der Waals surface area (Å²) >= 11 is 1.33. The number of rotatable bonds is 6. The van der Waals surface area contributed by atoms with Crippen LogP contribution in [-0.2, 0) is 13.0 Å². The Labute approximate surface area is 204 Å². The van der Waals surface area contributed by atoms with E-state index in [9.17, 15) is 13.6 Å². The Balaban J connectivity index is 1.16. The smallest absolute Gasteiger partial charge is 0.265 e. The predicted molar refractivity (Wildman–Crippen MR) is 133 cm³/mol. The fraction of sp³-hybridized carbons (Fsp3) is 0.400. The Morgan fingerprint density at radius 1 is 1.17 bits per heavy atom. The molecule has 1 spiro atoms. The van der Waals surface area contributed by atoms with Gasteiger partial charge in [-0.2, -0.15) is 0 Å². The van der Waals surface area contributed by atoms with Crippen LogP contribution >= 0.6 is 11.3 Å². The summed E-state index contributed by atoms with van der Waals surface area (Å²) in [5, 5.41) is 1.86. The van der Waals surface area contributed by atoms with Crippen LogP contribution in [0.15, 0.2) is 36.7 Å². The minimum Gasteiger partial charge on any atom is -0.364 e. The number of hydrogen-bond donors (Lipinski definition) is 2. The van der Waals surface area contributed by atoms with E-state index in [0.717, 1.165) is 72.5 Å². The monoisotopic (exact) mass is 496 g/mol. The summed E-state index contributed by atoms with van der Waals surface area (Å²) in [5.41, 5.74) is 8.15. The molecule has 0 radical (unpaired) electrons. The van der Waals surface area contributed by atoms with E-state index in [1.807, 2.05) is 12.1 Å². The predicted octanol–water partition coefficient (Wildman–Crippen LogP) is 4.18. The van der Waals surface area contributed by atoms with Crippen LogP contribution in [0, 0.1) is 5.41 Å². The number of aromatic nitrogens is 3. The van der Waals surface area contributed by atoms with E-state index in [2.05, 4.69) is 36.9 Å². The van der Waals surface area contributed by atoms with E-state index >= 15 is 0 Å². The summed E-state index contributed by atoms with van der Waals surface area (Å²) in [6.07, 6.45) is 1.15. The topological polar surface area (TPSA) is 91.1 Å². The number of carbonyl (C=O) groups excluding carboxylic acids is 1. The zero-order valence-corrected chi connectivity index (χ0v) is 20.0. The number of likely N-dealkylation sites (tertiary alicyclic amines) is 1. The van der Waals surface area contributed by atoms with Gasteiger partial charge in [0.15, 0.2) is 0 Å². The number of nitrogens with two attached hydrogens (primary N) is 1. The average molecular weight is 497 g/mol. The number of thiophene rings is 1. The first-order valence-corrected chi connectivity index (χ1v) is 12.6. The quantitative estimate of drug-likeness (QED) is 0.418. The number of primary amides is 1. The molecule has 2 saturated heterocycles. The maximum Gasteiger partial charge on any atom is 0.265 e. The van der Waals surface area contributed by atoms with Crippen LogP contribution in [0.5, 0.6) is 0 Å². The lowest BCUT2D eigenvalue weighted by Crippen LogP contribution is -2.31. The Morgan fingerprint density at radius 3 is 2.86 bits per heavy atom. The number of benzene rings is 1. The number of nitrogens with one attached hydrogen (secondary N) is 1. The molecule has 2 aliphatic rings. The van der Waals surface area contributed by atoms with Gasteiger partial charge in [-0.15, -0.1) is 11.3 Å². The summed E-state index contributed by atoms with van der Waals surface area (Å²) in [7, 11) is 0. The highest BCUT2D eigenvalue weighted by Crippen LogP contribution is 2.43. The minimum atomic E-state index is -2.36. The lowest BCUT2D eigenvalue weighted by atomic mass is 9.86. The van der Waals surface area contributed by atoms with Crippen LogP contribution in [0.4, 0.5) is 14.6 Å². The van der Waals surface area contributed by atoms with Crippen molar-refractivity contribution in [3.63, 3.8) is 0 Å². The number of hydrogen-bond acceptors (Lipinski definition) is 6. The first kappa shape index (κ1) is 22.4. The van der Waals surface area contributed by atoms with Gasteiger partial charge in [0.25, 0.3) is 5.91 Å². The largest absolute Gasteiger partial charge is 0.364 e. The highest BCUT2D eigenvalue weighted by molar-refractivity contribution is 7.18. The second kappa shape index (κ2) is 8.53. The number of halogens is 2. The third-order valence-corrected chi connectivity index (χ3v) is 8.39. The van der Waals surface area contributed by atoms with Crippen LogP contribution in [0.3, 0.4) is 0 Å². The zero-order chi connectivity index (χ0) is 24.2. The Hall–Kier alpha value is -3.11. The third-order valence-electron chi connectivity index (χ3n) is 7.33. The van der Waals surface area contributed by atoms with Gasteiger partial charge in [0.1, 0.15) is 22.7 Å². The minimum absolute atomic E-state index is 0.203. The number of fused-ring (bicyclic) bond motifs is 2. The fourth-order valence-electron chi connectivity index (χ4n) is 5.67. The molecule has 4 aromatic rings. The van der Waals surface area contributed by atoms with Gasteiger partial charge in [-0.3, -0.25) is 9.69 Å². The molecule has 1 atom stereocenters. The first-order valence-electron chi connectivity index (χ1n) is 11.8. The molecule has 1 amide bonds. The maximum atomic E-state index is 12.9. The van der Waals surface area contributed by atoms with Crippen molar-refractivity contribution in [2.45, 2.75) is 32.2 Å². The third kappa shape index (κ3) is 4.25. The van der Waals surface area contributed by atoms with E-state index in [0.29, 0.717) is 10.6 Å². The van der Waals surface area contributed by atoms with E-state index in [-0.39, 0.29) is 11.8 Å². The molecule has 0 saturated carbocycles. The summed E-state index contributed by atoms with van der Waals surface area (Å²) in [5.74, 6) is 0.410. The van der Waals surface area contributed by atoms with Crippen molar-refractivity contribution in [3.8, 4) is 0 Å². The normalized spacial score (nSPS) is 20.8. The number of amides is 1. The van der Waals surface area contributed by atoms with Gasteiger partial charge in [0, 0.05) is 53.8 Å². The first-order chi connectivity index (χ1) is 16.9. The van der Waals surface area contributed by atoms with Crippen LogP contribution in [-0.4, -0.2) is 58.4 Å². The van der Waals surface area contributed by atoms with E-state index in [1.165, 1.54) is 16.9 Å². The summed E-state index contributed by atoms with van der Waals surface area (Å²) in [6, 6.07) is 9.86. The summed E-state index contributed by atoms with van der Waals surface area (Å²) < 4.78 is 25.8. The summed E-state index contributed by atoms with van der Waals surface area (Å²) in [6.45, 7) is 4.70. The molecule has 35 heavy (non-hydrogen) atoms. The number of nitrogens with zero attached hydrogens (tertiary/aromatic N) is 4. The van der Waals surface area contributed by atoms with Crippen LogP contribution in [0.2, 0.25) is 0 Å². The SMILES string of the molecule is NC(=O)c1cc2ccc(CN3CCC4(CCN(c5ncnc6sc(CC(F)F)cc56)C4)C3)cc2[nH]1. The average Bonchev–Trinajstić information content (AvgIpc) is 3.59. The van der Waals surface area contributed by atoms with Crippen molar-refractivity contribution in [2.24, 2.45) is 11.1 Å². The molecule has 2 fully saturated rings. The zero-order valence-electron chi connectivity index (χ0n) is 19.1. The van der Waals surface area contributed by atoms with E-state index < -0.39 is 12.3 Å². The Kier molecular flexibility index (Phi) is 5.45. The molecule has 1 aromatic carbocycles.